The van der Waals surface area contributed by atoms with E-state index in [0.717, 1.165) is 5.56 Å². The van der Waals surface area contributed by atoms with E-state index in [4.69, 9.17) is 9.47 Å². The van der Waals surface area contributed by atoms with Crippen LogP contribution >= 0.6 is 0 Å². The summed E-state index contributed by atoms with van der Waals surface area (Å²) in [5.41, 5.74) is 1.35. The number of anilines is 1. The molecule has 2 amide bonds. The Hall–Kier alpha value is -3.35. The highest BCUT2D eigenvalue weighted by Crippen LogP contribution is 2.17. The highest BCUT2D eigenvalue weighted by Gasteiger charge is 2.18. The summed E-state index contributed by atoms with van der Waals surface area (Å²) in [5.74, 6) is -0.620. The molecule has 0 aliphatic heterocycles. The van der Waals surface area contributed by atoms with Crippen molar-refractivity contribution in [2.75, 3.05) is 19.0 Å². The zero-order valence-corrected chi connectivity index (χ0v) is 15.2. The Kier molecular flexibility index (Phi) is 7.37. The normalized spacial score (nSPS) is 11.2. The van der Waals surface area contributed by atoms with Crippen molar-refractivity contribution in [3.8, 4) is 5.75 Å². The lowest BCUT2D eigenvalue weighted by atomic mass is 10.0. The molecule has 0 saturated carbocycles. The van der Waals surface area contributed by atoms with Crippen LogP contribution in [0.1, 0.15) is 24.9 Å². The molecule has 1 atom stereocenters. The zero-order chi connectivity index (χ0) is 19.6. The fraction of sp³-hybridized carbons (Fsp3) is 0.250. The lowest BCUT2D eigenvalue weighted by molar-refractivity contribution is -0.148. The van der Waals surface area contributed by atoms with Crippen LogP contribution in [0.5, 0.6) is 5.75 Å². The van der Waals surface area contributed by atoms with Crippen LogP contribution in [0.15, 0.2) is 54.6 Å². The van der Waals surface area contributed by atoms with Gasteiger partial charge >= 0.3 is 5.97 Å². The first-order chi connectivity index (χ1) is 13.0. The number of rotatable bonds is 8. The van der Waals surface area contributed by atoms with Crippen LogP contribution in [0.2, 0.25) is 0 Å². The number of benzene rings is 2. The third kappa shape index (κ3) is 6.81. The maximum atomic E-state index is 12.1. The molecule has 7 nitrogen and oxygen atoms in total. The van der Waals surface area contributed by atoms with E-state index >= 15 is 0 Å². The first-order valence-electron chi connectivity index (χ1n) is 8.39. The molecule has 7 heteroatoms. The summed E-state index contributed by atoms with van der Waals surface area (Å²) in [7, 11) is 1.55. The van der Waals surface area contributed by atoms with Crippen molar-refractivity contribution in [1.29, 1.82) is 0 Å². The van der Waals surface area contributed by atoms with Gasteiger partial charge in [-0.05, 0) is 29.8 Å². The van der Waals surface area contributed by atoms with Gasteiger partial charge in [0.2, 0.25) is 5.91 Å². The van der Waals surface area contributed by atoms with Crippen LogP contribution in [0.25, 0.3) is 0 Å². The summed E-state index contributed by atoms with van der Waals surface area (Å²) < 4.78 is 10.1. The predicted octanol–water partition coefficient (Wildman–Crippen LogP) is 2.44. The second-order valence-electron chi connectivity index (χ2n) is 5.81. The number of hydrogen-bond donors (Lipinski definition) is 2. The van der Waals surface area contributed by atoms with E-state index in [1.54, 1.807) is 31.4 Å². The van der Waals surface area contributed by atoms with Crippen molar-refractivity contribution in [3.05, 3.63) is 60.2 Å². The Morgan fingerprint density at radius 2 is 1.67 bits per heavy atom. The SMILES string of the molecule is COc1ccc(NC(=O)COC(=O)C[C@@H](NC(C)=O)c2ccccc2)cc1. The van der Waals surface area contributed by atoms with Crippen LogP contribution < -0.4 is 15.4 Å². The average molecular weight is 370 g/mol. The van der Waals surface area contributed by atoms with Crippen LogP contribution in [0.4, 0.5) is 5.69 Å². The lowest BCUT2D eigenvalue weighted by Crippen LogP contribution is -2.29. The molecule has 0 saturated heterocycles. The Labute approximate surface area is 157 Å². The van der Waals surface area contributed by atoms with Gasteiger partial charge in [-0.25, -0.2) is 0 Å². The predicted molar refractivity (Wildman–Crippen MR) is 100 cm³/mol. The Morgan fingerprint density at radius 1 is 1.00 bits per heavy atom. The molecule has 142 valence electrons. The van der Waals surface area contributed by atoms with Crippen molar-refractivity contribution in [2.24, 2.45) is 0 Å². The molecule has 2 aromatic carbocycles. The van der Waals surface area contributed by atoms with E-state index in [1.807, 2.05) is 30.3 Å². The van der Waals surface area contributed by atoms with Gasteiger partial charge in [-0.3, -0.25) is 14.4 Å². The summed E-state index contributed by atoms with van der Waals surface area (Å²) in [6.07, 6.45) is -0.0700. The first kappa shape index (κ1) is 20.0. The third-order valence-corrected chi connectivity index (χ3v) is 3.69. The fourth-order valence-corrected chi connectivity index (χ4v) is 2.43. The van der Waals surface area contributed by atoms with Gasteiger partial charge in [0, 0.05) is 12.6 Å². The molecule has 0 fully saturated rings. The van der Waals surface area contributed by atoms with Crippen molar-refractivity contribution in [1.82, 2.24) is 5.32 Å². The smallest absolute Gasteiger partial charge is 0.308 e. The van der Waals surface area contributed by atoms with Gasteiger partial charge in [0.1, 0.15) is 5.75 Å². The van der Waals surface area contributed by atoms with E-state index in [9.17, 15) is 14.4 Å². The van der Waals surface area contributed by atoms with Crippen molar-refractivity contribution in [3.63, 3.8) is 0 Å². The van der Waals surface area contributed by atoms with Crippen LogP contribution in [-0.4, -0.2) is 31.5 Å². The van der Waals surface area contributed by atoms with Gasteiger partial charge in [-0.1, -0.05) is 30.3 Å². The molecular formula is C20H22N2O5. The van der Waals surface area contributed by atoms with Crippen LogP contribution in [0, 0.1) is 0 Å². The van der Waals surface area contributed by atoms with Crippen molar-refractivity contribution < 1.29 is 23.9 Å². The lowest BCUT2D eigenvalue weighted by Gasteiger charge is -2.17. The molecule has 0 unspecified atom stereocenters. The molecule has 2 aromatic rings. The first-order valence-corrected chi connectivity index (χ1v) is 8.39. The van der Waals surface area contributed by atoms with E-state index in [1.165, 1.54) is 6.92 Å². The summed E-state index contributed by atoms with van der Waals surface area (Å²) in [6, 6.07) is 15.4. The third-order valence-electron chi connectivity index (χ3n) is 3.69. The van der Waals surface area contributed by atoms with Gasteiger partial charge in [-0.15, -0.1) is 0 Å². The maximum absolute atomic E-state index is 12.1. The molecule has 0 aliphatic rings. The largest absolute Gasteiger partial charge is 0.497 e. The minimum Gasteiger partial charge on any atom is -0.497 e. The highest BCUT2D eigenvalue weighted by molar-refractivity contribution is 5.92. The number of amides is 2. The number of nitrogens with one attached hydrogen (secondary N) is 2. The van der Waals surface area contributed by atoms with Gasteiger partial charge in [0.05, 0.1) is 19.6 Å². The Morgan fingerprint density at radius 3 is 2.26 bits per heavy atom. The number of hydrogen-bond acceptors (Lipinski definition) is 5. The van der Waals surface area contributed by atoms with Gasteiger partial charge in [-0.2, -0.15) is 0 Å². The molecule has 0 radical (unpaired) electrons. The summed E-state index contributed by atoms with van der Waals surface area (Å²) >= 11 is 0. The number of ether oxygens (including phenoxy) is 2. The highest BCUT2D eigenvalue weighted by atomic mass is 16.5. The molecule has 0 spiro atoms. The molecule has 0 bridgehead atoms. The molecule has 2 rings (SSSR count). The molecule has 2 N–H and O–H groups in total. The fourth-order valence-electron chi connectivity index (χ4n) is 2.43. The van der Waals surface area contributed by atoms with Gasteiger partial charge in [0.15, 0.2) is 6.61 Å². The average Bonchev–Trinajstić information content (AvgIpc) is 2.67. The second kappa shape index (κ2) is 9.96. The summed E-state index contributed by atoms with van der Waals surface area (Å²) in [4.78, 5) is 35.4. The molecular weight excluding hydrogens is 348 g/mol. The van der Waals surface area contributed by atoms with Crippen molar-refractivity contribution in [2.45, 2.75) is 19.4 Å². The molecule has 0 aromatic heterocycles. The number of methoxy groups -OCH3 is 1. The Balaban J connectivity index is 1.85. The van der Waals surface area contributed by atoms with E-state index < -0.39 is 24.5 Å². The molecule has 27 heavy (non-hydrogen) atoms. The number of esters is 1. The van der Waals surface area contributed by atoms with Gasteiger partial charge < -0.3 is 20.1 Å². The van der Waals surface area contributed by atoms with E-state index in [2.05, 4.69) is 10.6 Å². The standard InChI is InChI=1S/C20H22N2O5/c1-14(23)21-18(15-6-4-3-5-7-15)12-20(25)27-13-19(24)22-16-8-10-17(26-2)11-9-16/h3-11,18H,12-13H2,1-2H3,(H,21,23)(H,22,24)/t18-/m1/s1. The molecule has 0 heterocycles. The second-order valence-corrected chi connectivity index (χ2v) is 5.81. The topological polar surface area (TPSA) is 93.7 Å². The quantitative estimate of drug-likeness (QED) is 0.696. The van der Waals surface area contributed by atoms with Crippen LogP contribution in [0.3, 0.4) is 0 Å². The zero-order valence-electron chi connectivity index (χ0n) is 15.2. The summed E-state index contributed by atoms with van der Waals surface area (Å²) in [5, 5.41) is 5.34. The maximum Gasteiger partial charge on any atom is 0.308 e. The van der Waals surface area contributed by atoms with Crippen molar-refractivity contribution >= 4 is 23.5 Å². The summed E-state index contributed by atoms with van der Waals surface area (Å²) in [6.45, 7) is 0.968. The van der Waals surface area contributed by atoms with E-state index in [0.29, 0.717) is 11.4 Å². The van der Waals surface area contributed by atoms with Gasteiger partial charge in [0.25, 0.3) is 5.91 Å². The van der Waals surface area contributed by atoms with Crippen LogP contribution in [-0.2, 0) is 19.1 Å². The monoisotopic (exact) mass is 370 g/mol. The number of carbonyl (C=O) groups excluding carboxylic acids is 3. The Bertz CT molecular complexity index is 775. The van der Waals surface area contributed by atoms with E-state index in [-0.39, 0.29) is 12.3 Å². The molecule has 0 aliphatic carbocycles. The minimum absolute atomic E-state index is 0.0700. The minimum atomic E-state index is -0.581. The number of carbonyl (C=O) groups is 3.